The summed E-state index contributed by atoms with van der Waals surface area (Å²) < 4.78 is 11.3. The monoisotopic (exact) mass is 914 g/mol. The van der Waals surface area contributed by atoms with Gasteiger partial charge in [0, 0.05) is 0 Å². The Kier molecular flexibility index (Phi) is 87.3. The van der Waals surface area contributed by atoms with Crippen molar-refractivity contribution in [1.82, 2.24) is 0 Å². The number of rotatable bonds is 39. The fourth-order valence-corrected chi connectivity index (χ4v) is 5.31. The van der Waals surface area contributed by atoms with Crippen LogP contribution in [0.25, 0.3) is 0 Å². The van der Waals surface area contributed by atoms with Crippen LogP contribution in [0.2, 0.25) is 0 Å². The third-order valence-electron chi connectivity index (χ3n) is 8.63. The summed E-state index contributed by atoms with van der Waals surface area (Å²) in [6, 6.07) is 0. The first-order valence-corrected chi connectivity index (χ1v) is 27.8. The van der Waals surface area contributed by atoms with E-state index in [0.717, 1.165) is 0 Å². The Morgan fingerprint density at radius 1 is 0.175 bits per heavy atom. The molecule has 0 aromatic carbocycles. The molecule has 0 aliphatic heterocycles. The van der Waals surface area contributed by atoms with Crippen molar-refractivity contribution in [2.24, 2.45) is 0 Å². The SMILES string of the molecule is [B]=BB=BB=BB=BB=BB=BB=BB=BB=BB=BB=BB=BB=BB=BB=BB=BB=BB=BB=BB=BB=BB=BB=BB=BB=BB=BB=BB=BB=BB=BB=BB=BB=BB=BB=BB=BB=BB=BS(=O)CC. The van der Waals surface area contributed by atoms with E-state index in [1.165, 1.54) is 6.69 Å². The molecule has 0 heterocycles. The zero-order chi connectivity index (χ0) is 57.3. The van der Waals surface area contributed by atoms with Crippen LogP contribution in [-0.2, 0) is 10.7 Å². The van der Waals surface area contributed by atoms with Gasteiger partial charge in [-0.15, -0.1) is 0 Å². The first-order valence-electron chi connectivity index (χ1n) is 26.4. The van der Waals surface area contributed by atoms with Gasteiger partial charge in [0.2, 0.25) is 0 Å². The van der Waals surface area contributed by atoms with Crippen molar-refractivity contribution in [2.75, 3.05) is 5.75 Å². The van der Waals surface area contributed by atoms with Crippen LogP contribution >= 0.6 is 0 Å². The molecule has 0 amide bonds. The van der Waals surface area contributed by atoms with Crippen molar-refractivity contribution in [3.05, 3.63) is 0 Å². The van der Waals surface area contributed by atoms with Crippen LogP contribution in [0.1, 0.15) is 6.92 Å². The molecule has 0 fully saturated rings. The van der Waals surface area contributed by atoms with E-state index in [9.17, 15) is 4.21 Å². The Morgan fingerprint density at radius 2 is 0.263 bits per heavy atom. The summed E-state index contributed by atoms with van der Waals surface area (Å²) in [5.74, 6) is 0.642. The predicted molar refractivity (Wildman–Crippen MR) is 456 cm³/mol. The van der Waals surface area contributed by atoms with E-state index in [1.54, 1.807) is 19.5 Å². The molecule has 0 aliphatic rings. The molecule has 0 aliphatic carbocycles. The molecular weight excluding hydrogens is 894 g/mol. The molecule has 0 N–H and O–H groups in total. The second-order valence-corrected chi connectivity index (χ2v) is 16.7. The standard InChI is InChI=1S/C2H5B76OS/c1-2-80(79)78-77-76-75-74-73-72-71-70-69-68-67-66-65-64-63-62-61-60-59-58-57-56-55-54-53-52-51-50-49-48-47-46-45-44-43-42-41-40-39-38-37-36-35-34-33-32-31-30-29-28-27-26-25-24-23-22-21-20-19-18-17-16-15-14-13-12-11-10-9-8-7-6-5-4-3/h2H2,1H3. The van der Waals surface area contributed by atoms with Crippen molar-refractivity contribution >= 4 is 519 Å². The Labute approximate surface area is 530 Å². The molecule has 253 valence electrons. The van der Waals surface area contributed by atoms with Crippen LogP contribution in [0, 0.1) is 0 Å². The van der Waals surface area contributed by atoms with Crippen LogP contribution < -0.4 is 0 Å². The van der Waals surface area contributed by atoms with Crippen LogP contribution in [-0.4, -0.2) is 519 Å². The molecule has 0 bridgehead atoms. The fraction of sp³-hybridized carbons (Fsp3) is 1.00. The molecule has 0 aromatic rings. The average molecular weight is 899 g/mol. The molecule has 0 rings (SSSR count). The van der Waals surface area contributed by atoms with E-state index in [-0.39, 0.29) is 0 Å². The molecule has 80 heavy (non-hydrogen) atoms. The molecule has 0 saturated heterocycles. The molecular formula is C2H5B76OS. The van der Waals surface area contributed by atoms with E-state index in [0.29, 0.717) is 5.75 Å². The van der Waals surface area contributed by atoms with Gasteiger partial charge < -0.3 is 0 Å². The number of hydrogen-bond acceptors (Lipinski definition) is 1. The summed E-state index contributed by atoms with van der Waals surface area (Å²) in [4.78, 5) is 0. The number of hydrogen-bond donors (Lipinski definition) is 0. The van der Waals surface area contributed by atoms with Crippen molar-refractivity contribution in [3.8, 4) is 0 Å². The maximum atomic E-state index is 11.3. The van der Waals surface area contributed by atoms with Crippen LogP contribution in [0.15, 0.2) is 0 Å². The summed E-state index contributed by atoms with van der Waals surface area (Å²) in [6.45, 7) is 148. The van der Waals surface area contributed by atoms with Crippen LogP contribution in [0.4, 0.5) is 0 Å². The predicted octanol–water partition coefficient (Wildman–Crippen LogP) is -28.7. The summed E-state index contributed by atoms with van der Waals surface area (Å²) in [5, 5.41) is 0. The van der Waals surface area contributed by atoms with Crippen LogP contribution in [0.5, 0.6) is 0 Å². The average Bonchev–Trinajstić information content (AvgIpc) is 3.47. The molecule has 0 saturated carbocycles. The van der Waals surface area contributed by atoms with Gasteiger partial charge in [0.05, 0.1) is 0 Å². The Hall–Kier alpha value is 5.09. The molecule has 1 radical (unpaired) electrons. The Balaban J connectivity index is 4.11. The van der Waals surface area contributed by atoms with Gasteiger partial charge in [0.1, 0.15) is 0 Å². The summed E-state index contributed by atoms with van der Waals surface area (Å²) in [5.41, 5.74) is 0. The van der Waals surface area contributed by atoms with Crippen molar-refractivity contribution in [3.63, 3.8) is 0 Å². The zero-order valence-electron chi connectivity index (χ0n) is 46.4. The molecule has 1 nitrogen and oxygen atoms in total. The molecule has 0 aromatic heterocycles. The second kappa shape index (κ2) is 82.1. The summed E-state index contributed by atoms with van der Waals surface area (Å²) in [6.07, 6.45) is 1.69. The van der Waals surface area contributed by atoms with Crippen molar-refractivity contribution in [1.29, 1.82) is 0 Å². The third-order valence-corrected chi connectivity index (χ3v) is 9.66. The van der Waals surface area contributed by atoms with Gasteiger partial charge >= 0.3 is 536 Å². The second-order valence-electron chi connectivity index (χ2n) is 15.0. The van der Waals surface area contributed by atoms with E-state index in [1.807, 2.05) is 482 Å². The van der Waals surface area contributed by atoms with E-state index < -0.39 is 10.7 Å². The minimum atomic E-state index is -0.870. The first kappa shape index (κ1) is 85.1. The molecule has 0 spiro atoms. The maximum absolute atomic E-state index is 11.3. The van der Waals surface area contributed by atoms with Gasteiger partial charge in [-0.25, -0.2) is 0 Å². The van der Waals surface area contributed by atoms with Gasteiger partial charge in [0.25, 0.3) is 0 Å². The minimum absolute atomic E-state index is 0.642. The molecule has 1 atom stereocenters. The fourth-order valence-electron chi connectivity index (χ4n) is 4.85. The Bertz CT molecular complexity index is 2840. The van der Waals surface area contributed by atoms with E-state index >= 15 is 0 Å². The summed E-state index contributed by atoms with van der Waals surface area (Å²) >= 11 is 0. The van der Waals surface area contributed by atoms with Gasteiger partial charge in [0.15, 0.2) is 0 Å². The van der Waals surface area contributed by atoms with Gasteiger partial charge in [-0.3, -0.25) is 0 Å². The van der Waals surface area contributed by atoms with E-state index in [4.69, 9.17) is 7.37 Å². The van der Waals surface area contributed by atoms with Gasteiger partial charge in [-0.1, -0.05) is 0 Å². The third kappa shape index (κ3) is 81.1. The quantitative estimate of drug-likeness (QED) is 0.0562. The van der Waals surface area contributed by atoms with Gasteiger partial charge in [-0.05, 0) is 0 Å². The molecule has 78 heteroatoms. The van der Waals surface area contributed by atoms with Crippen LogP contribution in [0.3, 0.4) is 0 Å². The van der Waals surface area contributed by atoms with Gasteiger partial charge in [-0.2, -0.15) is 0 Å². The summed E-state index contributed by atoms with van der Waals surface area (Å²) in [7, 11) is 4.39. The topological polar surface area (TPSA) is 17.1 Å². The zero-order valence-corrected chi connectivity index (χ0v) is 47.2. The Morgan fingerprint density at radius 3 is 0.350 bits per heavy atom. The van der Waals surface area contributed by atoms with Crippen molar-refractivity contribution < 1.29 is 4.21 Å². The first-order chi connectivity index (χ1) is 39.8. The van der Waals surface area contributed by atoms with E-state index in [2.05, 4.69) is 0 Å². The normalized spacial score (nSPS) is 8.35. The molecule has 1 unspecified atom stereocenters. The van der Waals surface area contributed by atoms with Crippen molar-refractivity contribution in [2.45, 2.75) is 6.92 Å².